The zero-order valence-electron chi connectivity index (χ0n) is 18.0. The normalized spacial score (nSPS) is 11.6. The third kappa shape index (κ3) is 6.14. The predicted molar refractivity (Wildman–Crippen MR) is 118 cm³/mol. The minimum Gasteiger partial charge on any atom is -0.367 e. The highest BCUT2D eigenvalue weighted by Gasteiger charge is 2.22. The second-order valence-corrected chi connectivity index (χ2v) is 9.08. The van der Waals surface area contributed by atoms with E-state index in [1.165, 1.54) is 6.20 Å². The summed E-state index contributed by atoms with van der Waals surface area (Å²) in [4.78, 5) is 20.5. The number of nitrogens with one attached hydrogen (secondary N) is 4. The molecule has 0 radical (unpaired) electrons. The lowest BCUT2D eigenvalue weighted by Crippen LogP contribution is -2.35. The van der Waals surface area contributed by atoms with Gasteiger partial charge in [0.1, 0.15) is 5.82 Å². The van der Waals surface area contributed by atoms with Crippen LogP contribution in [0.25, 0.3) is 0 Å². The summed E-state index contributed by atoms with van der Waals surface area (Å²) < 4.78 is 27.3. The summed E-state index contributed by atoms with van der Waals surface area (Å²) in [7, 11) is -2.39. The highest BCUT2D eigenvalue weighted by atomic mass is 32.2. The Balaban J connectivity index is 2.21. The Hall–Kier alpha value is -2.72. The van der Waals surface area contributed by atoms with Crippen LogP contribution in [0.3, 0.4) is 0 Å². The summed E-state index contributed by atoms with van der Waals surface area (Å²) in [5.41, 5.74) is 2.50. The average Bonchev–Trinajstić information content (AvgIpc) is 2.67. The zero-order valence-corrected chi connectivity index (χ0v) is 18.8. The average molecular weight is 435 g/mol. The topological polar surface area (TPSA) is 125 Å². The molecule has 0 unspecified atom stereocenters. The number of likely N-dealkylation sites (N-methyl/N-ethyl adjacent to an activating group) is 1. The first kappa shape index (κ1) is 23.6. The third-order valence-corrected chi connectivity index (χ3v) is 5.61. The number of sulfonamides is 1. The first-order valence-corrected chi connectivity index (χ1v) is 11.3. The van der Waals surface area contributed by atoms with E-state index in [1.54, 1.807) is 7.05 Å². The van der Waals surface area contributed by atoms with E-state index in [1.807, 2.05) is 50.6 Å². The van der Waals surface area contributed by atoms with Crippen molar-refractivity contribution >= 4 is 27.6 Å². The van der Waals surface area contributed by atoms with Crippen molar-refractivity contribution in [3.63, 3.8) is 0 Å². The number of carbonyl (C=O) groups is 1. The van der Waals surface area contributed by atoms with Gasteiger partial charge < -0.3 is 16.0 Å². The van der Waals surface area contributed by atoms with Gasteiger partial charge in [-0.05, 0) is 30.0 Å². The molecule has 2 rings (SSSR count). The number of amides is 2. The fraction of sp³-hybridized carbons (Fsp3) is 0.450. The summed E-state index contributed by atoms with van der Waals surface area (Å²) >= 11 is 0. The maximum atomic E-state index is 12.6. The summed E-state index contributed by atoms with van der Waals surface area (Å²) in [6.45, 7) is 9.28. The molecule has 4 N–H and O–H groups in total. The molecule has 1 aromatic carbocycles. The van der Waals surface area contributed by atoms with Crippen LogP contribution in [-0.4, -0.2) is 44.6 Å². The molecule has 2 amide bonds. The molecule has 0 fully saturated rings. The Bertz CT molecular complexity index is 950. The van der Waals surface area contributed by atoms with Crippen molar-refractivity contribution in [2.24, 2.45) is 0 Å². The van der Waals surface area contributed by atoms with Crippen LogP contribution >= 0.6 is 0 Å². The van der Waals surface area contributed by atoms with Crippen LogP contribution in [0.15, 0.2) is 35.6 Å². The largest absolute Gasteiger partial charge is 0.367 e. The molecule has 164 valence electrons. The van der Waals surface area contributed by atoms with Crippen LogP contribution in [0.1, 0.15) is 50.7 Å². The summed E-state index contributed by atoms with van der Waals surface area (Å²) in [6.07, 6.45) is 2.52. The van der Waals surface area contributed by atoms with E-state index in [9.17, 15) is 13.2 Å². The van der Waals surface area contributed by atoms with Gasteiger partial charge in [0, 0.05) is 18.8 Å². The van der Waals surface area contributed by atoms with Gasteiger partial charge in [0.2, 0.25) is 0 Å². The number of anilines is 2. The highest BCUT2D eigenvalue weighted by molar-refractivity contribution is 7.90. The zero-order chi connectivity index (χ0) is 22.3. The molecule has 30 heavy (non-hydrogen) atoms. The minimum atomic E-state index is -4.19. The van der Waals surface area contributed by atoms with E-state index in [4.69, 9.17) is 0 Å². The lowest BCUT2D eigenvalue weighted by atomic mass is 9.93. The molecule has 0 spiro atoms. The molecule has 0 saturated heterocycles. The van der Waals surface area contributed by atoms with Crippen LogP contribution < -0.4 is 20.7 Å². The van der Waals surface area contributed by atoms with Gasteiger partial charge >= 0.3 is 6.03 Å². The number of carbonyl (C=O) groups excluding carboxylic acids is 1. The molecule has 0 atom stereocenters. The summed E-state index contributed by atoms with van der Waals surface area (Å²) in [5.74, 6) is 0.615. The quantitative estimate of drug-likeness (QED) is 0.447. The molecule has 0 aliphatic heterocycles. The van der Waals surface area contributed by atoms with Gasteiger partial charge in [0.25, 0.3) is 10.0 Å². The van der Waals surface area contributed by atoms with Crippen LogP contribution in [0.4, 0.5) is 16.3 Å². The van der Waals surface area contributed by atoms with Gasteiger partial charge in [-0.25, -0.2) is 14.5 Å². The Kier molecular flexibility index (Phi) is 8.13. The third-order valence-electron chi connectivity index (χ3n) is 4.41. The summed E-state index contributed by atoms with van der Waals surface area (Å²) in [5, 5.41) is 8.31. The molecule has 1 aromatic heterocycles. The molecule has 0 aliphatic carbocycles. The number of para-hydroxylation sites is 1. The van der Waals surface area contributed by atoms with Crippen molar-refractivity contribution in [1.29, 1.82) is 0 Å². The van der Waals surface area contributed by atoms with Gasteiger partial charge in [0.05, 0.1) is 12.4 Å². The lowest BCUT2D eigenvalue weighted by Gasteiger charge is -2.20. The highest BCUT2D eigenvalue weighted by Crippen LogP contribution is 2.32. The van der Waals surface area contributed by atoms with Crippen LogP contribution in [0, 0.1) is 0 Å². The molecule has 2 aromatic rings. The monoisotopic (exact) mass is 434 g/mol. The van der Waals surface area contributed by atoms with E-state index >= 15 is 0 Å². The van der Waals surface area contributed by atoms with Gasteiger partial charge in [0.15, 0.2) is 5.03 Å². The van der Waals surface area contributed by atoms with Crippen LogP contribution in [0.5, 0.6) is 0 Å². The minimum absolute atomic E-state index is 0.154. The lowest BCUT2D eigenvalue weighted by molar-refractivity contribution is 0.256. The molecule has 1 heterocycles. The first-order valence-electron chi connectivity index (χ1n) is 9.82. The number of aromatic nitrogens is 2. The van der Waals surface area contributed by atoms with Crippen LogP contribution in [-0.2, 0) is 10.0 Å². The van der Waals surface area contributed by atoms with E-state index in [0.717, 1.165) is 17.3 Å². The van der Waals surface area contributed by atoms with Crippen molar-refractivity contribution in [1.82, 2.24) is 20.0 Å². The number of urea groups is 1. The maximum absolute atomic E-state index is 12.6. The number of hydrogen-bond donors (Lipinski definition) is 4. The van der Waals surface area contributed by atoms with Gasteiger partial charge in [-0.2, -0.15) is 8.42 Å². The predicted octanol–water partition coefficient (Wildman–Crippen LogP) is 2.87. The van der Waals surface area contributed by atoms with Gasteiger partial charge in [-0.1, -0.05) is 45.9 Å². The fourth-order valence-electron chi connectivity index (χ4n) is 2.89. The number of nitrogens with zero attached hydrogens (tertiary/aromatic N) is 2. The van der Waals surface area contributed by atoms with Crippen molar-refractivity contribution in [2.75, 3.05) is 30.8 Å². The standard InChI is InChI=1S/C20H30N6O3S/c1-13(2)15-7-6-8-16(14(3)4)19(15)25-20(27)26-30(28,29)18-12-22-11-17(24-18)23-10-9-21-5/h6-8,11-14,21H,9-10H2,1-5H3,(H,23,24)(H2,25,26,27). The second-order valence-electron chi connectivity index (χ2n) is 7.45. The SMILES string of the molecule is CNCCNc1cncc(S(=O)(=O)NC(=O)Nc2c(C(C)C)cccc2C(C)C)n1. The number of rotatable bonds is 9. The fourth-order valence-corrected chi connectivity index (χ4v) is 3.70. The second kappa shape index (κ2) is 10.4. The Morgan fingerprint density at radius 1 is 1.03 bits per heavy atom. The van der Waals surface area contributed by atoms with Crippen molar-refractivity contribution in [2.45, 2.75) is 44.6 Å². The van der Waals surface area contributed by atoms with E-state index in [2.05, 4.69) is 25.9 Å². The van der Waals surface area contributed by atoms with E-state index in [0.29, 0.717) is 24.6 Å². The molecule has 10 heteroatoms. The molecule has 9 nitrogen and oxygen atoms in total. The smallest absolute Gasteiger partial charge is 0.333 e. The van der Waals surface area contributed by atoms with E-state index in [-0.39, 0.29) is 16.9 Å². The van der Waals surface area contributed by atoms with Crippen LogP contribution in [0.2, 0.25) is 0 Å². The number of benzene rings is 1. The van der Waals surface area contributed by atoms with Gasteiger partial charge in [-0.15, -0.1) is 0 Å². The van der Waals surface area contributed by atoms with E-state index < -0.39 is 16.1 Å². The summed E-state index contributed by atoms with van der Waals surface area (Å²) in [6, 6.07) is 4.94. The van der Waals surface area contributed by atoms with Crippen molar-refractivity contribution < 1.29 is 13.2 Å². The molecule has 0 bridgehead atoms. The Labute approximate surface area is 178 Å². The Morgan fingerprint density at radius 2 is 1.67 bits per heavy atom. The molecular weight excluding hydrogens is 404 g/mol. The maximum Gasteiger partial charge on any atom is 0.333 e. The number of hydrogen-bond acceptors (Lipinski definition) is 7. The molecule has 0 saturated carbocycles. The molecular formula is C20H30N6O3S. The van der Waals surface area contributed by atoms with Crippen molar-refractivity contribution in [3.8, 4) is 0 Å². The first-order chi connectivity index (χ1) is 14.2. The Morgan fingerprint density at radius 3 is 2.23 bits per heavy atom. The molecule has 0 aliphatic rings. The van der Waals surface area contributed by atoms with Gasteiger partial charge in [-0.3, -0.25) is 4.98 Å². The van der Waals surface area contributed by atoms with Crippen molar-refractivity contribution in [3.05, 3.63) is 41.7 Å².